The van der Waals surface area contributed by atoms with E-state index >= 15 is 0 Å². The number of amides is 1. The van der Waals surface area contributed by atoms with Crippen LogP contribution in [0.25, 0.3) is 10.2 Å². The van der Waals surface area contributed by atoms with Crippen molar-refractivity contribution < 1.29 is 13.9 Å². The zero-order valence-corrected chi connectivity index (χ0v) is 14.8. The quantitative estimate of drug-likeness (QED) is 0.643. The summed E-state index contributed by atoms with van der Waals surface area (Å²) in [7, 11) is 1.76. The van der Waals surface area contributed by atoms with E-state index in [-0.39, 0.29) is 11.7 Å². The van der Waals surface area contributed by atoms with Gasteiger partial charge in [-0.2, -0.15) is 0 Å². The van der Waals surface area contributed by atoms with Crippen molar-refractivity contribution >= 4 is 27.5 Å². The van der Waals surface area contributed by atoms with Crippen LogP contribution >= 0.6 is 11.3 Å². The number of para-hydroxylation sites is 1. The van der Waals surface area contributed by atoms with E-state index < -0.39 is 0 Å². The first kappa shape index (κ1) is 17.4. The highest BCUT2D eigenvalue weighted by molar-refractivity contribution is 7.18. The molecule has 0 unspecified atom stereocenters. The highest BCUT2D eigenvalue weighted by Crippen LogP contribution is 2.22. The predicted octanol–water partition coefficient (Wildman–Crippen LogP) is 3.91. The molecule has 3 rings (SSSR count). The number of rotatable bonds is 7. The second-order valence-corrected chi connectivity index (χ2v) is 6.81. The Morgan fingerprint density at radius 2 is 1.96 bits per heavy atom. The Kier molecular flexibility index (Phi) is 5.60. The summed E-state index contributed by atoms with van der Waals surface area (Å²) in [6.45, 7) is 0.852. The Hall–Kier alpha value is -2.47. The molecule has 0 fully saturated rings. The number of aromatic nitrogens is 1. The molecular weight excluding hydrogens is 339 g/mol. The number of benzene rings is 2. The fourth-order valence-corrected chi connectivity index (χ4v) is 3.35. The van der Waals surface area contributed by atoms with Crippen LogP contribution in [0.5, 0.6) is 5.75 Å². The van der Waals surface area contributed by atoms with E-state index in [0.29, 0.717) is 31.7 Å². The van der Waals surface area contributed by atoms with Gasteiger partial charge in [0.2, 0.25) is 5.91 Å². The van der Waals surface area contributed by atoms with E-state index in [9.17, 15) is 9.18 Å². The highest BCUT2D eigenvalue weighted by Gasteiger charge is 2.11. The average molecular weight is 358 g/mol. The summed E-state index contributed by atoms with van der Waals surface area (Å²) < 4.78 is 19.5. The van der Waals surface area contributed by atoms with Gasteiger partial charge in [0.05, 0.1) is 21.8 Å². The van der Waals surface area contributed by atoms with Crippen LogP contribution in [-0.2, 0) is 11.2 Å². The molecular formula is C19H19FN2O2S. The first-order valence-electron chi connectivity index (χ1n) is 8.08. The standard InChI is InChI=1S/C19H19FN2O2S/c1-22(12-13-24-15-8-6-14(20)7-9-15)19(23)11-10-18-21-16-4-2-3-5-17(16)25-18/h2-9H,10-13H2,1H3. The Balaban J connectivity index is 1.43. The van der Waals surface area contributed by atoms with Gasteiger partial charge in [0, 0.05) is 19.9 Å². The third kappa shape index (κ3) is 4.76. The normalized spacial score (nSPS) is 10.8. The third-order valence-corrected chi connectivity index (χ3v) is 4.92. The van der Waals surface area contributed by atoms with Crippen LogP contribution in [0.2, 0.25) is 0 Å². The minimum atomic E-state index is -0.297. The number of ether oxygens (including phenoxy) is 1. The number of thiazole rings is 1. The SMILES string of the molecule is CN(CCOc1ccc(F)cc1)C(=O)CCc1nc2ccccc2s1. The van der Waals surface area contributed by atoms with Crippen LogP contribution in [0.15, 0.2) is 48.5 Å². The maximum atomic E-state index is 12.8. The van der Waals surface area contributed by atoms with Crippen molar-refractivity contribution in [2.24, 2.45) is 0 Å². The van der Waals surface area contributed by atoms with Gasteiger partial charge in [0.25, 0.3) is 0 Å². The Bertz CT molecular complexity index is 815. The molecule has 1 heterocycles. The number of carbonyl (C=O) groups is 1. The smallest absolute Gasteiger partial charge is 0.222 e. The molecule has 6 heteroatoms. The number of fused-ring (bicyclic) bond motifs is 1. The minimum Gasteiger partial charge on any atom is -0.492 e. The van der Waals surface area contributed by atoms with Gasteiger partial charge in [-0.3, -0.25) is 4.79 Å². The molecule has 2 aromatic carbocycles. The molecule has 0 saturated heterocycles. The number of hydrogen-bond acceptors (Lipinski definition) is 4. The third-order valence-electron chi connectivity index (χ3n) is 3.83. The number of nitrogens with zero attached hydrogens (tertiary/aromatic N) is 2. The van der Waals surface area contributed by atoms with E-state index in [1.165, 1.54) is 12.1 Å². The molecule has 1 aromatic heterocycles. The van der Waals surface area contributed by atoms with E-state index in [1.807, 2.05) is 24.3 Å². The number of halogens is 1. The maximum Gasteiger partial charge on any atom is 0.222 e. The number of carbonyl (C=O) groups excluding carboxylic acids is 1. The topological polar surface area (TPSA) is 42.4 Å². The summed E-state index contributed by atoms with van der Waals surface area (Å²) in [5.41, 5.74) is 0.982. The molecule has 0 aliphatic heterocycles. The zero-order chi connectivity index (χ0) is 17.6. The summed E-state index contributed by atoms with van der Waals surface area (Å²) in [5, 5.41) is 0.977. The van der Waals surface area contributed by atoms with Crippen molar-refractivity contribution in [1.29, 1.82) is 0 Å². The molecule has 4 nitrogen and oxygen atoms in total. The Labute approximate surface area is 149 Å². The number of hydrogen-bond donors (Lipinski definition) is 0. The van der Waals surface area contributed by atoms with Crippen LogP contribution in [0.1, 0.15) is 11.4 Å². The molecule has 0 radical (unpaired) electrons. The lowest BCUT2D eigenvalue weighted by Gasteiger charge is -2.17. The molecule has 0 aliphatic rings. The van der Waals surface area contributed by atoms with E-state index in [4.69, 9.17) is 4.74 Å². The average Bonchev–Trinajstić information content (AvgIpc) is 3.04. The lowest BCUT2D eigenvalue weighted by atomic mass is 10.3. The summed E-state index contributed by atoms with van der Waals surface area (Å²) >= 11 is 1.63. The van der Waals surface area contributed by atoms with Gasteiger partial charge in [-0.05, 0) is 36.4 Å². The van der Waals surface area contributed by atoms with Gasteiger partial charge in [-0.1, -0.05) is 12.1 Å². The molecule has 0 atom stereocenters. The molecule has 3 aromatic rings. The predicted molar refractivity (Wildman–Crippen MR) is 97.5 cm³/mol. The molecule has 0 aliphatic carbocycles. The van der Waals surface area contributed by atoms with Crippen molar-refractivity contribution in [2.75, 3.05) is 20.2 Å². The molecule has 130 valence electrons. The highest BCUT2D eigenvalue weighted by atomic mass is 32.1. The number of likely N-dealkylation sites (N-methyl/N-ethyl adjacent to an activating group) is 1. The molecule has 25 heavy (non-hydrogen) atoms. The van der Waals surface area contributed by atoms with E-state index in [0.717, 1.165) is 15.2 Å². The van der Waals surface area contributed by atoms with Crippen molar-refractivity contribution in [2.45, 2.75) is 12.8 Å². The van der Waals surface area contributed by atoms with Crippen molar-refractivity contribution in [3.05, 3.63) is 59.4 Å². The fourth-order valence-electron chi connectivity index (χ4n) is 2.39. The molecule has 0 N–H and O–H groups in total. The van der Waals surface area contributed by atoms with E-state index in [1.54, 1.807) is 35.4 Å². The molecule has 0 bridgehead atoms. The fraction of sp³-hybridized carbons (Fsp3) is 0.263. The summed E-state index contributed by atoms with van der Waals surface area (Å²) in [5.74, 6) is 0.355. The van der Waals surface area contributed by atoms with Crippen molar-refractivity contribution in [1.82, 2.24) is 9.88 Å². The van der Waals surface area contributed by atoms with Crippen LogP contribution in [-0.4, -0.2) is 36.0 Å². The van der Waals surface area contributed by atoms with Crippen LogP contribution < -0.4 is 4.74 Å². The first-order valence-corrected chi connectivity index (χ1v) is 8.90. The van der Waals surface area contributed by atoms with Gasteiger partial charge in [0.1, 0.15) is 18.2 Å². The maximum absolute atomic E-state index is 12.8. The largest absolute Gasteiger partial charge is 0.492 e. The molecule has 1 amide bonds. The lowest BCUT2D eigenvalue weighted by molar-refractivity contribution is -0.130. The number of aryl methyl sites for hydroxylation is 1. The zero-order valence-electron chi connectivity index (χ0n) is 13.9. The second-order valence-electron chi connectivity index (χ2n) is 5.69. The van der Waals surface area contributed by atoms with Crippen LogP contribution in [0, 0.1) is 5.82 Å². The summed E-state index contributed by atoms with van der Waals surface area (Å²) in [4.78, 5) is 18.4. The van der Waals surface area contributed by atoms with Gasteiger partial charge in [-0.15, -0.1) is 11.3 Å². The Morgan fingerprint density at radius 3 is 2.72 bits per heavy atom. The van der Waals surface area contributed by atoms with Gasteiger partial charge < -0.3 is 9.64 Å². The monoisotopic (exact) mass is 358 g/mol. The summed E-state index contributed by atoms with van der Waals surface area (Å²) in [6, 6.07) is 13.8. The van der Waals surface area contributed by atoms with Gasteiger partial charge in [0.15, 0.2) is 0 Å². The Morgan fingerprint density at radius 1 is 1.20 bits per heavy atom. The van der Waals surface area contributed by atoms with E-state index in [2.05, 4.69) is 4.98 Å². The second kappa shape index (κ2) is 8.07. The van der Waals surface area contributed by atoms with Gasteiger partial charge >= 0.3 is 0 Å². The first-order chi connectivity index (χ1) is 12.1. The van der Waals surface area contributed by atoms with Crippen molar-refractivity contribution in [3.63, 3.8) is 0 Å². The molecule has 0 saturated carbocycles. The van der Waals surface area contributed by atoms with Crippen LogP contribution in [0.3, 0.4) is 0 Å². The van der Waals surface area contributed by atoms with Crippen LogP contribution in [0.4, 0.5) is 4.39 Å². The van der Waals surface area contributed by atoms with Gasteiger partial charge in [-0.25, -0.2) is 9.37 Å². The lowest BCUT2D eigenvalue weighted by Crippen LogP contribution is -2.31. The molecule has 0 spiro atoms. The summed E-state index contributed by atoms with van der Waals surface area (Å²) in [6.07, 6.45) is 1.06. The minimum absolute atomic E-state index is 0.0574. The van der Waals surface area contributed by atoms with Crippen molar-refractivity contribution in [3.8, 4) is 5.75 Å².